The fraction of sp³-hybridized carbons (Fsp3) is 0.700. The van der Waals surface area contributed by atoms with Crippen molar-refractivity contribution in [3.63, 3.8) is 0 Å². The molecule has 0 saturated heterocycles. The second-order valence-electron chi connectivity index (χ2n) is 3.85. The fourth-order valence-corrected chi connectivity index (χ4v) is 1.88. The maximum absolute atomic E-state index is 10.5. The van der Waals surface area contributed by atoms with Gasteiger partial charge in [0.2, 0.25) is 0 Å². The predicted octanol–water partition coefficient (Wildman–Crippen LogP) is 1.33. The monoisotopic (exact) mass is 199 g/mol. The zero-order valence-corrected chi connectivity index (χ0v) is 8.24. The Balaban J connectivity index is 2.37. The minimum Gasteiger partial charge on any atom is -0.446 e. The Morgan fingerprint density at radius 1 is 1.64 bits per heavy atom. The van der Waals surface area contributed by atoms with E-state index in [2.05, 4.69) is 6.58 Å². The molecule has 0 aromatic heterocycles. The minimum absolute atomic E-state index is 0.127. The molecule has 0 spiro atoms. The summed E-state index contributed by atoms with van der Waals surface area (Å²) in [7, 11) is 0. The second kappa shape index (κ2) is 4.46. The number of ether oxygens (including phenoxy) is 1. The number of amides is 1. The van der Waals surface area contributed by atoms with Crippen LogP contribution in [0.2, 0.25) is 0 Å². The van der Waals surface area contributed by atoms with Crippen LogP contribution in [-0.4, -0.2) is 22.9 Å². The summed E-state index contributed by atoms with van der Waals surface area (Å²) >= 11 is 0. The number of carbonyl (C=O) groups excluding carboxylic acids is 1. The fourth-order valence-electron chi connectivity index (χ4n) is 1.88. The van der Waals surface area contributed by atoms with Gasteiger partial charge < -0.3 is 15.6 Å². The van der Waals surface area contributed by atoms with Crippen LogP contribution in [-0.2, 0) is 4.74 Å². The van der Waals surface area contributed by atoms with Gasteiger partial charge in [-0.05, 0) is 32.1 Å². The van der Waals surface area contributed by atoms with E-state index in [0.29, 0.717) is 32.1 Å². The lowest BCUT2D eigenvalue weighted by Gasteiger charge is -2.34. The van der Waals surface area contributed by atoms with Crippen molar-refractivity contribution in [2.45, 2.75) is 43.8 Å². The van der Waals surface area contributed by atoms with Crippen LogP contribution in [0.3, 0.4) is 0 Å². The lowest BCUT2D eigenvalue weighted by Crippen LogP contribution is -2.37. The third-order valence-electron chi connectivity index (χ3n) is 2.67. The van der Waals surface area contributed by atoms with Gasteiger partial charge in [-0.3, -0.25) is 0 Å². The molecule has 1 aliphatic rings. The van der Waals surface area contributed by atoms with Gasteiger partial charge in [0.1, 0.15) is 6.10 Å². The summed E-state index contributed by atoms with van der Waals surface area (Å²) in [6, 6.07) is 0. The predicted molar refractivity (Wildman–Crippen MR) is 52.7 cm³/mol. The van der Waals surface area contributed by atoms with Crippen molar-refractivity contribution in [2.24, 2.45) is 5.73 Å². The molecule has 14 heavy (non-hydrogen) atoms. The molecule has 1 amide bonds. The highest BCUT2D eigenvalue weighted by Crippen LogP contribution is 2.32. The molecule has 3 N–H and O–H groups in total. The number of rotatable bonds is 3. The van der Waals surface area contributed by atoms with Gasteiger partial charge >= 0.3 is 6.09 Å². The molecule has 0 aromatic rings. The van der Waals surface area contributed by atoms with Crippen LogP contribution in [0, 0.1) is 0 Å². The van der Waals surface area contributed by atoms with Crippen LogP contribution < -0.4 is 5.73 Å². The van der Waals surface area contributed by atoms with E-state index in [4.69, 9.17) is 10.5 Å². The van der Waals surface area contributed by atoms with E-state index in [1.807, 2.05) is 0 Å². The number of hydrogen-bond donors (Lipinski definition) is 2. The number of carbonyl (C=O) groups is 1. The zero-order valence-electron chi connectivity index (χ0n) is 8.24. The van der Waals surface area contributed by atoms with Crippen molar-refractivity contribution in [2.75, 3.05) is 0 Å². The molecule has 1 rings (SSSR count). The summed E-state index contributed by atoms with van der Waals surface area (Å²) in [6.07, 6.45) is 4.07. The van der Waals surface area contributed by atoms with E-state index in [1.165, 1.54) is 0 Å². The highest BCUT2D eigenvalue weighted by molar-refractivity contribution is 5.64. The van der Waals surface area contributed by atoms with Crippen molar-refractivity contribution in [3.05, 3.63) is 12.7 Å². The van der Waals surface area contributed by atoms with Gasteiger partial charge in [-0.2, -0.15) is 0 Å². The largest absolute Gasteiger partial charge is 0.446 e. The third kappa shape index (κ3) is 3.03. The molecular weight excluding hydrogens is 182 g/mol. The second-order valence-corrected chi connectivity index (χ2v) is 3.85. The first kappa shape index (κ1) is 11.0. The molecule has 4 heteroatoms. The van der Waals surface area contributed by atoms with Crippen molar-refractivity contribution in [3.8, 4) is 0 Å². The van der Waals surface area contributed by atoms with Gasteiger partial charge in [-0.15, -0.1) is 6.58 Å². The number of nitrogens with two attached hydrogens (primary N) is 1. The Morgan fingerprint density at radius 2 is 2.21 bits per heavy atom. The third-order valence-corrected chi connectivity index (χ3v) is 2.67. The van der Waals surface area contributed by atoms with Crippen molar-refractivity contribution in [1.29, 1.82) is 0 Å². The van der Waals surface area contributed by atoms with Crippen LogP contribution in [0.15, 0.2) is 12.7 Å². The van der Waals surface area contributed by atoms with E-state index in [1.54, 1.807) is 6.08 Å². The van der Waals surface area contributed by atoms with Crippen molar-refractivity contribution in [1.82, 2.24) is 0 Å². The number of hydrogen-bond acceptors (Lipinski definition) is 3. The molecule has 0 aromatic carbocycles. The van der Waals surface area contributed by atoms with Crippen LogP contribution in [0.1, 0.15) is 32.1 Å². The summed E-state index contributed by atoms with van der Waals surface area (Å²) in [4.78, 5) is 10.5. The maximum atomic E-state index is 10.5. The highest BCUT2D eigenvalue weighted by atomic mass is 16.6. The molecule has 1 fully saturated rings. The lowest BCUT2D eigenvalue weighted by molar-refractivity contribution is -0.0325. The van der Waals surface area contributed by atoms with Crippen LogP contribution in [0.5, 0.6) is 0 Å². The number of aliphatic hydroxyl groups is 1. The maximum Gasteiger partial charge on any atom is 0.404 e. The highest BCUT2D eigenvalue weighted by Gasteiger charge is 2.33. The molecule has 0 radical (unpaired) electrons. The normalized spacial score (nSPS) is 32.2. The smallest absolute Gasteiger partial charge is 0.404 e. The van der Waals surface area contributed by atoms with Gasteiger partial charge in [0.25, 0.3) is 0 Å². The summed E-state index contributed by atoms with van der Waals surface area (Å²) < 4.78 is 4.86. The van der Waals surface area contributed by atoms with E-state index in [-0.39, 0.29) is 6.10 Å². The molecule has 0 heterocycles. The summed E-state index contributed by atoms with van der Waals surface area (Å²) in [5.74, 6) is 0. The van der Waals surface area contributed by atoms with Gasteiger partial charge in [0, 0.05) is 0 Å². The standard InChI is InChI=1S/C10H17NO3/c1-2-5-10(13)6-3-8(4-7-10)14-9(11)12/h2,8,13H,1,3-7H2,(H2,11,12). The SMILES string of the molecule is C=CCC1(O)CCC(OC(N)=O)CC1. The molecule has 0 aliphatic heterocycles. The quantitative estimate of drug-likeness (QED) is 0.673. The van der Waals surface area contributed by atoms with Crippen molar-refractivity contribution < 1.29 is 14.6 Å². The topological polar surface area (TPSA) is 72.6 Å². The van der Waals surface area contributed by atoms with Crippen LogP contribution in [0.4, 0.5) is 4.79 Å². The molecule has 0 bridgehead atoms. The molecule has 1 aliphatic carbocycles. The Kier molecular flexibility index (Phi) is 3.52. The van der Waals surface area contributed by atoms with E-state index in [9.17, 15) is 9.90 Å². The minimum atomic E-state index is -0.732. The van der Waals surface area contributed by atoms with Crippen LogP contribution >= 0.6 is 0 Å². The summed E-state index contributed by atoms with van der Waals surface area (Å²) in [5.41, 5.74) is 4.26. The first-order valence-electron chi connectivity index (χ1n) is 4.85. The average molecular weight is 199 g/mol. The van der Waals surface area contributed by atoms with Gasteiger partial charge in [-0.1, -0.05) is 6.08 Å². The molecule has 80 valence electrons. The van der Waals surface area contributed by atoms with E-state index < -0.39 is 11.7 Å². The Morgan fingerprint density at radius 3 is 2.64 bits per heavy atom. The van der Waals surface area contributed by atoms with E-state index in [0.717, 1.165) is 0 Å². The molecule has 0 atom stereocenters. The van der Waals surface area contributed by atoms with Gasteiger partial charge in [0.15, 0.2) is 0 Å². The lowest BCUT2D eigenvalue weighted by atomic mass is 9.81. The van der Waals surface area contributed by atoms with Gasteiger partial charge in [-0.25, -0.2) is 4.79 Å². The first-order valence-corrected chi connectivity index (χ1v) is 4.85. The molecule has 4 nitrogen and oxygen atoms in total. The molecular formula is C10H17NO3. The Hall–Kier alpha value is -1.03. The van der Waals surface area contributed by atoms with Crippen molar-refractivity contribution >= 4 is 6.09 Å². The zero-order chi connectivity index (χ0) is 10.6. The summed E-state index contributed by atoms with van der Waals surface area (Å²) in [6.45, 7) is 3.60. The van der Waals surface area contributed by atoms with Crippen LogP contribution in [0.25, 0.3) is 0 Å². The first-order chi connectivity index (χ1) is 6.56. The molecule has 1 saturated carbocycles. The summed E-state index contributed by atoms with van der Waals surface area (Å²) in [5, 5.41) is 9.98. The van der Waals surface area contributed by atoms with Gasteiger partial charge in [0.05, 0.1) is 5.60 Å². The average Bonchev–Trinajstić information content (AvgIpc) is 2.09. The Bertz CT molecular complexity index is 219. The Labute approximate surface area is 83.7 Å². The molecule has 0 unspecified atom stereocenters. The number of primary amides is 1. The van der Waals surface area contributed by atoms with E-state index >= 15 is 0 Å².